The predicted molar refractivity (Wildman–Crippen MR) is 79.6 cm³/mol. The van der Waals surface area contributed by atoms with Crippen LogP contribution in [-0.4, -0.2) is 23.7 Å². The third-order valence-electron chi connectivity index (χ3n) is 3.13. The van der Waals surface area contributed by atoms with Crippen LogP contribution in [0.4, 0.5) is 0 Å². The summed E-state index contributed by atoms with van der Waals surface area (Å²) in [5.74, 6) is -0.290. The van der Waals surface area contributed by atoms with E-state index in [1.54, 1.807) is 18.2 Å². The van der Waals surface area contributed by atoms with Gasteiger partial charge < -0.3 is 10.4 Å². The van der Waals surface area contributed by atoms with Gasteiger partial charge in [0.2, 0.25) is 0 Å². The van der Waals surface area contributed by atoms with Crippen molar-refractivity contribution in [3.8, 4) is 6.07 Å². The molecule has 106 valence electrons. The van der Waals surface area contributed by atoms with Crippen LogP contribution in [0.25, 0.3) is 0 Å². The molecule has 0 spiro atoms. The van der Waals surface area contributed by atoms with Crippen molar-refractivity contribution >= 4 is 5.91 Å². The van der Waals surface area contributed by atoms with E-state index in [-0.39, 0.29) is 18.6 Å². The summed E-state index contributed by atoms with van der Waals surface area (Å²) in [5.41, 5.74) is 1.90. The molecule has 4 nitrogen and oxygen atoms in total. The largest absolute Gasteiger partial charge is 0.394 e. The van der Waals surface area contributed by atoms with Crippen LogP contribution >= 0.6 is 0 Å². The lowest BCUT2D eigenvalue weighted by Gasteiger charge is -2.16. The number of aliphatic hydroxyl groups is 1. The average Bonchev–Trinajstić information content (AvgIpc) is 2.55. The Morgan fingerprint density at radius 1 is 1.19 bits per heavy atom. The van der Waals surface area contributed by atoms with E-state index in [2.05, 4.69) is 5.32 Å². The first-order chi connectivity index (χ1) is 10.2. The minimum atomic E-state index is -0.356. The van der Waals surface area contributed by atoms with E-state index in [0.717, 1.165) is 5.56 Å². The molecule has 0 saturated heterocycles. The molecule has 0 bridgehead atoms. The Morgan fingerprint density at radius 3 is 2.62 bits per heavy atom. The number of aliphatic hydroxyl groups excluding tert-OH is 1. The van der Waals surface area contributed by atoms with Gasteiger partial charge in [-0.3, -0.25) is 4.79 Å². The second-order valence-corrected chi connectivity index (χ2v) is 4.74. The summed E-state index contributed by atoms with van der Waals surface area (Å²) in [7, 11) is 0. The molecule has 2 aromatic carbocycles. The van der Waals surface area contributed by atoms with Crippen molar-refractivity contribution in [2.45, 2.75) is 12.5 Å². The van der Waals surface area contributed by atoms with Crippen LogP contribution in [-0.2, 0) is 6.42 Å². The van der Waals surface area contributed by atoms with Gasteiger partial charge in [-0.2, -0.15) is 5.26 Å². The summed E-state index contributed by atoms with van der Waals surface area (Å²) in [6.07, 6.45) is 0.557. The number of benzene rings is 2. The van der Waals surface area contributed by atoms with Gasteiger partial charge in [0, 0.05) is 5.56 Å². The fourth-order valence-corrected chi connectivity index (χ4v) is 2.06. The highest BCUT2D eigenvalue weighted by atomic mass is 16.3. The first-order valence-electron chi connectivity index (χ1n) is 6.68. The van der Waals surface area contributed by atoms with Crippen molar-refractivity contribution in [3.63, 3.8) is 0 Å². The summed E-state index contributed by atoms with van der Waals surface area (Å²) >= 11 is 0. The highest BCUT2D eigenvalue weighted by molar-refractivity contribution is 5.94. The molecule has 1 atom stereocenters. The maximum absolute atomic E-state index is 12.1. The second-order valence-electron chi connectivity index (χ2n) is 4.74. The Bertz CT molecular complexity index is 647. The molecule has 21 heavy (non-hydrogen) atoms. The summed E-state index contributed by atoms with van der Waals surface area (Å²) in [6.45, 7) is -0.140. The number of carbonyl (C=O) groups is 1. The third kappa shape index (κ3) is 4.16. The van der Waals surface area contributed by atoms with E-state index in [9.17, 15) is 9.90 Å². The Labute approximate surface area is 123 Å². The molecule has 4 heteroatoms. The third-order valence-corrected chi connectivity index (χ3v) is 3.13. The first-order valence-corrected chi connectivity index (χ1v) is 6.68. The molecular formula is C17H16N2O2. The highest BCUT2D eigenvalue weighted by Crippen LogP contribution is 2.07. The molecule has 1 amide bonds. The Balaban J connectivity index is 2.04. The molecule has 0 radical (unpaired) electrons. The van der Waals surface area contributed by atoms with Crippen LogP contribution in [0.15, 0.2) is 54.6 Å². The molecule has 0 aliphatic rings. The fraction of sp³-hybridized carbons (Fsp3) is 0.176. The number of rotatable bonds is 5. The standard InChI is InChI=1S/C17H16N2O2/c18-11-14-7-4-8-15(9-14)17(21)19-16(12-20)10-13-5-2-1-3-6-13/h1-9,16,20H,10,12H2,(H,19,21)/t16-/m0/s1. The van der Waals surface area contributed by atoms with Gasteiger partial charge >= 0.3 is 0 Å². The van der Waals surface area contributed by atoms with Crippen LogP contribution < -0.4 is 5.32 Å². The lowest BCUT2D eigenvalue weighted by molar-refractivity contribution is 0.0916. The fourth-order valence-electron chi connectivity index (χ4n) is 2.06. The number of nitriles is 1. The van der Waals surface area contributed by atoms with E-state index < -0.39 is 0 Å². The Morgan fingerprint density at radius 2 is 1.95 bits per heavy atom. The zero-order valence-electron chi connectivity index (χ0n) is 11.5. The molecule has 0 unspecified atom stereocenters. The van der Waals surface area contributed by atoms with Gasteiger partial charge in [-0.25, -0.2) is 0 Å². The number of amides is 1. The minimum absolute atomic E-state index is 0.140. The molecular weight excluding hydrogens is 264 g/mol. The molecule has 0 heterocycles. The zero-order valence-corrected chi connectivity index (χ0v) is 11.5. The average molecular weight is 280 g/mol. The van der Waals surface area contributed by atoms with E-state index in [4.69, 9.17) is 5.26 Å². The van der Waals surface area contributed by atoms with Crippen molar-refractivity contribution in [2.24, 2.45) is 0 Å². The maximum atomic E-state index is 12.1. The molecule has 0 aliphatic carbocycles. The molecule has 0 aromatic heterocycles. The lowest BCUT2D eigenvalue weighted by atomic mass is 10.1. The summed E-state index contributed by atoms with van der Waals surface area (Å²) in [4.78, 5) is 12.1. The molecule has 2 aromatic rings. The van der Waals surface area contributed by atoms with Crippen LogP contribution in [0.3, 0.4) is 0 Å². The number of hydrogen-bond donors (Lipinski definition) is 2. The number of nitrogens with zero attached hydrogens (tertiary/aromatic N) is 1. The zero-order chi connectivity index (χ0) is 15.1. The van der Waals surface area contributed by atoms with Gasteiger partial charge in [0.1, 0.15) is 0 Å². The Kier molecular flexibility index (Phi) is 5.08. The molecule has 0 saturated carbocycles. The van der Waals surface area contributed by atoms with Crippen molar-refractivity contribution < 1.29 is 9.90 Å². The molecule has 0 aliphatic heterocycles. The summed E-state index contributed by atoms with van der Waals surface area (Å²) in [6, 6.07) is 17.8. The second kappa shape index (κ2) is 7.22. The summed E-state index contributed by atoms with van der Waals surface area (Å²) in [5, 5.41) is 21.0. The van der Waals surface area contributed by atoms with E-state index >= 15 is 0 Å². The van der Waals surface area contributed by atoms with Crippen LogP contribution in [0.1, 0.15) is 21.5 Å². The van der Waals surface area contributed by atoms with E-state index in [1.807, 2.05) is 36.4 Å². The van der Waals surface area contributed by atoms with Gasteiger partial charge in [0.15, 0.2) is 0 Å². The van der Waals surface area contributed by atoms with E-state index in [1.165, 1.54) is 6.07 Å². The molecule has 2 N–H and O–H groups in total. The van der Waals surface area contributed by atoms with Crippen molar-refractivity contribution in [1.82, 2.24) is 5.32 Å². The normalized spacial score (nSPS) is 11.4. The molecule has 0 fully saturated rings. The van der Waals surface area contributed by atoms with Gasteiger partial charge in [-0.05, 0) is 30.2 Å². The SMILES string of the molecule is N#Cc1cccc(C(=O)N[C@H](CO)Cc2ccccc2)c1. The molecule has 2 rings (SSSR count). The number of nitrogens with one attached hydrogen (secondary N) is 1. The van der Waals surface area contributed by atoms with Gasteiger partial charge in [-0.1, -0.05) is 36.4 Å². The van der Waals surface area contributed by atoms with Gasteiger partial charge in [0.05, 0.1) is 24.3 Å². The summed E-state index contributed by atoms with van der Waals surface area (Å²) < 4.78 is 0. The smallest absolute Gasteiger partial charge is 0.251 e. The van der Waals surface area contributed by atoms with Crippen molar-refractivity contribution in [1.29, 1.82) is 5.26 Å². The van der Waals surface area contributed by atoms with Crippen LogP contribution in [0, 0.1) is 11.3 Å². The monoisotopic (exact) mass is 280 g/mol. The maximum Gasteiger partial charge on any atom is 0.251 e. The van der Waals surface area contributed by atoms with Crippen LogP contribution in [0.5, 0.6) is 0 Å². The van der Waals surface area contributed by atoms with Crippen molar-refractivity contribution in [2.75, 3.05) is 6.61 Å². The topological polar surface area (TPSA) is 73.1 Å². The minimum Gasteiger partial charge on any atom is -0.394 e. The number of carbonyl (C=O) groups excluding carboxylic acids is 1. The van der Waals surface area contributed by atoms with E-state index in [0.29, 0.717) is 17.5 Å². The first kappa shape index (κ1) is 14.8. The highest BCUT2D eigenvalue weighted by Gasteiger charge is 2.13. The van der Waals surface area contributed by atoms with Crippen molar-refractivity contribution in [3.05, 3.63) is 71.3 Å². The lowest BCUT2D eigenvalue weighted by Crippen LogP contribution is -2.39. The quantitative estimate of drug-likeness (QED) is 0.878. The number of hydrogen-bond acceptors (Lipinski definition) is 3. The van der Waals surface area contributed by atoms with Crippen LogP contribution in [0.2, 0.25) is 0 Å². The Hall–Kier alpha value is -2.64. The predicted octanol–water partition coefficient (Wildman–Crippen LogP) is 1.89. The van der Waals surface area contributed by atoms with Gasteiger partial charge in [-0.15, -0.1) is 0 Å². The van der Waals surface area contributed by atoms with Gasteiger partial charge in [0.25, 0.3) is 5.91 Å².